The van der Waals surface area contributed by atoms with Crippen LogP contribution in [0.5, 0.6) is 0 Å². The fraction of sp³-hybridized carbons (Fsp3) is 0.273. The van der Waals surface area contributed by atoms with Crippen LogP contribution >= 0.6 is 0 Å². The van der Waals surface area contributed by atoms with Crippen molar-refractivity contribution < 1.29 is 24.6 Å². The summed E-state index contributed by atoms with van der Waals surface area (Å²) in [5, 5.41) is 19.7. The molecular formula is C11H12N2O5. The summed E-state index contributed by atoms with van der Waals surface area (Å²) in [7, 11) is 0. The third-order valence-electron chi connectivity index (χ3n) is 2.22. The van der Waals surface area contributed by atoms with Crippen LogP contribution < -0.4 is 5.32 Å². The first-order chi connectivity index (χ1) is 8.50. The van der Waals surface area contributed by atoms with Gasteiger partial charge in [-0.2, -0.15) is 0 Å². The zero-order valence-corrected chi connectivity index (χ0v) is 9.37. The van der Waals surface area contributed by atoms with Crippen molar-refractivity contribution in [3.63, 3.8) is 0 Å². The Hall–Kier alpha value is -2.44. The second-order valence-corrected chi connectivity index (χ2v) is 3.58. The number of nitrogens with one attached hydrogen (secondary N) is 1. The summed E-state index contributed by atoms with van der Waals surface area (Å²) in [5.74, 6) is -4.09. The zero-order chi connectivity index (χ0) is 13.5. The molecule has 0 saturated carbocycles. The van der Waals surface area contributed by atoms with Gasteiger partial charge in [0.1, 0.15) is 0 Å². The van der Waals surface area contributed by atoms with Crippen LogP contribution in [0.4, 0.5) is 0 Å². The maximum atomic E-state index is 11.6. The van der Waals surface area contributed by atoms with E-state index in [1.54, 1.807) is 0 Å². The topological polar surface area (TPSA) is 117 Å². The van der Waals surface area contributed by atoms with E-state index in [2.05, 4.69) is 10.3 Å². The van der Waals surface area contributed by atoms with Crippen LogP contribution in [0.15, 0.2) is 24.5 Å². The zero-order valence-electron chi connectivity index (χ0n) is 9.37. The molecule has 0 bridgehead atoms. The van der Waals surface area contributed by atoms with Gasteiger partial charge < -0.3 is 15.5 Å². The van der Waals surface area contributed by atoms with Gasteiger partial charge in [-0.25, -0.2) is 0 Å². The van der Waals surface area contributed by atoms with E-state index >= 15 is 0 Å². The monoisotopic (exact) mass is 252 g/mol. The van der Waals surface area contributed by atoms with Crippen LogP contribution in [0.1, 0.15) is 16.8 Å². The predicted molar refractivity (Wildman–Crippen MR) is 59.9 cm³/mol. The lowest BCUT2D eigenvalue weighted by atomic mass is 10.1. The number of pyridine rings is 1. The first-order valence-electron chi connectivity index (χ1n) is 5.13. The maximum absolute atomic E-state index is 11.6. The highest BCUT2D eigenvalue weighted by molar-refractivity contribution is 5.94. The number of hydrogen-bond acceptors (Lipinski definition) is 4. The molecule has 1 rings (SSSR count). The molecule has 0 aromatic carbocycles. The number of carboxylic acids is 2. The second-order valence-electron chi connectivity index (χ2n) is 3.58. The summed E-state index contributed by atoms with van der Waals surface area (Å²) in [4.78, 5) is 36.5. The van der Waals surface area contributed by atoms with Gasteiger partial charge in [0.25, 0.3) is 5.91 Å². The Morgan fingerprint density at radius 1 is 1.22 bits per heavy atom. The van der Waals surface area contributed by atoms with E-state index in [0.29, 0.717) is 5.56 Å². The van der Waals surface area contributed by atoms with E-state index in [1.807, 2.05) is 0 Å². The van der Waals surface area contributed by atoms with Crippen molar-refractivity contribution in [2.75, 3.05) is 6.54 Å². The van der Waals surface area contributed by atoms with E-state index in [0.717, 1.165) is 0 Å². The molecule has 7 heteroatoms. The minimum absolute atomic E-state index is 0.233. The molecule has 1 aromatic rings. The van der Waals surface area contributed by atoms with Gasteiger partial charge in [0, 0.05) is 24.5 Å². The van der Waals surface area contributed by atoms with E-state index < -0.39 is 30.2 Å². The van der Waals surface area contributed by atoms with Crippen molar-refractivity contribution in [3.05, 3.63) is 30.1 Å². The molecule has 0 aliphatic rings. The van der Waals surface area contributed by atoms with Gasteiger partial charge in [0.15, 0.2) is 0 Å². The molecule has 1 aromatic heterocycles. The van der Waals surface area contributed by atoms with Gasteiger partial charge in [-0.05, 0) is 12.1 Å². The number of hydrogen-bond donors (Lipinski definition) is 3. The van der Waals surface area contributed by atoms with Crippen molar-refractivity contribution in [2.45, 2.75) is 6.42 Å². The Labute approximate surface area is 102 Å². The lowest BCUT2D eigenvalue weighted by molar-refractivity contribution is -0.148. The minimum atomic E-state index is -1.26. The maximum Gasteiger partial charge on any atom is 0.308 e. The smallest absolute Gasteiger partial charge is 0.308 e. The Morgan fingerprint density at radius 2 is 1.83 bits per heavy atom. The molecule has 1 unspecified atom stereocenters. The summed E-state index contributed by atoms with van der Waals surface area (Å²) in [5.41, 5.74) is 0.337. The molecule has 0 radical (unpaired) electrons. The fourth-order valence-corrected chi connectivity index (χ4v) is 1.28. The molecule has 7 nitrogen and oxygen atoms in total. The number of carbonyl (C=O) groups excluding carboxylic acids is 1. The predicted octanol–water partition coefficient (Wildman–Crippen LogP) is -0.0131. The van der Waals surface area contributed by atoms with Crippen molar-refractivity contribution in [3.8, 4) is 0 Å². The third-order valence-corrected chi connectivity index (χ3v) is 2.22. The van der Waals surface area contributed by atoms with E-state index in [1.165, 1.54) is 24.5 Å². The van der Waals surface area contributed by atoms with E-state index in [4.69, 9.17) is 10.2 Å². The lowest BCUT2D eigenvalue weighted by Crippen LogP contribution is -2.34. The first kappa shape index (κ1) is 13.6. The number of carbonyl (C=O) groups is 3. The first-order valence-corrected chi connectivity index (χ1v) is 5.13. The van der Waals surface area contributed by atoms with Gasteiger partial charge in [-0.15, -0.1) is 0 Å². The Balaban J connectivity index is 2.55. The largest absolute Gasteiger partial charge is 0.481 e. The number of nitrogens with zero attached hydrogens (tertiary/aromatic N) is 1. The summed E-state index contributed by atoms with van der Waals surface area (Å²) < 4.78 is 0. The van der Waals surface area contributed by atoms with Crippen molar-refractivity contribution >= 4 is 17.8 Å². The standard InChI is InChI=1S/C11H12N2O5/c14-9(15)5-8(11(17)18)6-13-10(16)7-1-3-12-4-2-7/h1-4,8H,5-6H2,(H,13,16)(H,14,15)(H,17,18). The number of aliphatic carboxylic acids is 2. The molecule has 1 heterocycles. The van der Waals surface area contributed by atoms with Crippen LogP contribution in [0.2, 0.25) is 0 Å². The van der Waals surface area contributed by atoms with Gasteiger partial charge in [0.05, 0.1) is 12.3 Å². The Morgan fingerprint density at radius 3 is 2.33 bits per heavy atom. The average Bonchev–Trinajstić information content (AvgIpc) is 2.34. The molecule has 1 atom stereocenters. The highest BCUT2D eigenvalue weighted by Crippen LogP contribution is 2.03. The number of amides is 1. The Bertz CT molecular complexity index is 446. The number of carboxylic acid groups (broad SMARTS) is 2. The normalized spacial score (nSPS) is 11.6. The number of aromatic nitrogens is 1. The molecular weight excluding hydrogens is 240 g/mol. The van der Waals surface area contributed by atoms with Gasteiger partial charge >= 0.3 is 11.9 Å². The fourth-order valence-electron chi connectivity index (χ4n) is 1.28. The molecule has 0 aliphatic heterocycles. The minimum Gasteiger partial charge on any atom is -0.481 e. The third kappa shape index (κ3) is 4.20. The Kier molecular flexibility index (Phi) is 4.79. The van der Waals surface area contributed by atoms with E-state index in [-0.39, 0.29) is 6.54 Å². The molecule has 3 N–H and O–H groups in total. The van der Waals surface area contributed by atoms with Crippen molar-refractivity contribution in [1.29, 1.82) is 0 Å². The average molecular weight is 252 g/mol. The molecule has 0 aliphatic carbocycles. The SMILES string of the molecule is O=C(O)CC(CNC(=O)c1ccncc1)C(=O)O. The van der Waals surface area contributed by atoms with Gasteiger partial charge in [0.2, 0.25) is 0 Å². The second kappa shape index (κ2) is 6.33. The van der Waals surface area contributed by atoms with Crippen LogP contribution in [0.3, 0.4) is 0 Å². The van der Waals surface area contributed by atoms with Crippen molar-refractivity contribution in [2.24, 2.45) is 5.92 Å². The molecule has 0 fully saturated rings. The molecule has 0 saturated heterocycles. The molecule has 96 valence electrons. The highest BCUT2D eigenvalue weighted by atomic mass is 16.4. The summed E-state index contributed by atoms with van der Waals surface area (Å²) in [6, 6.07) is 2.95. The van der Waals surface area contributed by atoms with Gasteiger partial charge in [-0.1, -0.05) is 0 Å². The lowest BCUT2D eigenvalue weighted by Gasteiger charge is -2.11. The van der Waals surface area contributed by atoms with Gasteiger partial charge in [-0.3, -0.25) is 19.4 Å². The van der Waals surface area contributed by atoms with Crippen LogP contribution in [-0.4, -0.2) is 39.6 Å². The van der Waals surface area contributed by atoms with Crippen LogP contribution in [-0.2, 0) is 9.59 Å². The summed E-state index contributed by atoms with van der Waals surface area (Å²) in [6.45, 7) is -0.233. The highest BCUT2D eigenvalue weighted by Gasteiger charge is 2.21. The summed E-state index contributed by atoms with van der Waals surface area (Å²) >= 11 is 0. The molecule has 18 heavy (non-hydrogen) atoms. The quantitative estimate of drug-likeness (QED) is 0.655. The summed E-state index contributed by atoms with van der Waals surface area (Å²) in [6.07, 6.45) is 2.33. The number of rotatable bonds is 6. The van der Waals surface area contributed by atoms with E-state index in [9.17, 15) is 14.4 Å². The van der Waals surface area contributed by atoms with Crippen molar-refractivity contribution in [1.82, 2.24) is 10.3 Å². The van der Waals surface area contributed by atoms with Crippen LogP contribution in [0, 0.1) is 5.92 Å². The van der Waals surface area contributed by atoms with Crippen LogP contribution in [0.25, 0.3) is 0 Å². The molecule has 1 amide bonds. The molecule has 0 spiro atoms.